The molecule has 0 aliphatic carbocycles. The average molecular weight is 544 g/mol. The second-order valence-electron chi connectivity index (χ2n) is 11.5. The van der Waals surface area contributed by atoms with E-state index >= 15 is 4.39 Å². The van der Waals surface area contributed by atoms with E-state index in [1.54, 1.807) is 5.01 Å². The van der Waals surface area contributed by atoms with Crippen LogP contribution in [-0.4, -0.2) is 141 Å². The van der Waals surface area contributed by atoms with Crippen molar-refractivity contribution >= 4 is 11.8 Å². The van der Waals surface area contributed by atoms with Crippen molar-refractivity contribution in [3.8, 4) is 0 Å². The highest BCUT2D eigenvalue weighted by Crippen LogP contribution is 2.32. The molecule has 0 aromatic rings. The summed E-state index contributed by atoms with van der Waals surface area (Å²) in [5.41, 5.74) is 13.7. The van der Waals surface area contributed by atoms with Crippen molar-refractivity contribution in [3.05, 3.63) is 0 Å². The molecule has 7 N–H and O–H groups in total. The number of rotatable bonds is 8. The zero-order chi connectivity index (χ0) is 27.4. The van der Waals surface area contributed by atoms with Gasteiger partial charge in [-0.3, -0.25) is 14.5 Å². The number of carbonyl (C=O) groups is 2. The Kier molecular flexibility index (Phi) is 9.93. The molecule has 38 heavy (non-hydrogen) atoms. The number of hydrogen-bond donors (Lipinski definition) is 5. The molecule has 11 nitrogen and oxygen atoms in total. The van der Waals surface area contributed by atoms with Crippen molar-refractivity contribution in [2.24, 2.45) is 23.3 Å². The summed E-state index contributed by atoms with van der Waals surface area (Å²) < 4.78 is 29.4. The molecule has 0 aromatic carbocycles. The fourth-order valence-corrected chi connectivity index (χ4v) is 6.55. The van der Waals surface area contributed by atoms with Gasteiger partial charge in [0.25, 0.3) is 0 Å². The van der Waals surface area contributed by atoms with Gasteiger partial charge in [0.2, 0.25) is 11.8 Å². The molecule has 13 heteroatoms. The van der Waals surface area contributed by atoms with Gasteiger partial charge in [-0.25, -0.2) is 19.2 Å². The molecule has 4 aliphatic rings. The van der Waals surface area contributed by atoms with Gasteiger partial charge in [-0.1, -0.05) is 6.92 Å². The quantitative estimate of drug-likeness (QED) is 0.237. The summed E-state index contributed by atoms with van der Waals surface area (Å²) >= 11 is 0. The summed E-state index contributed by atoms with van der Waals surface area (Å²) in [6, 6.07) is -0.508. The average Bonchev–Trinajstić information content (AvgIpc) is 3.28. The fourth-order valence-electron chi connectivity index (χ4n) is 6.55. The van der Waals surface area contributed by atoms with Crippen LogP contribution in [0.5, 0.6) is 0 Å². The number of piperidine rings is 2. The third kappa shape index (κ3) is 6.45. The molecule has 0 saturated carbocycles. The molecule has 6 atom stereocenters. The van der Waals surface area contributed by atoms with E-state index in [2.05, 4.69) is 32.9 Å². The Bertz CT molecular complexity index is 810. The number of amides is 2. The minimum Gasteiger partial charge on any atom is -0.347 e. The zero-order valence-electron chi connectivity index (χ0n) is 22.9. The highest BCUT2D eigenvalue weighted by atomic mass is 19.1. The summed E-state index contributed by atoms with van der Waals surface area (Å²) in [5.74, 6) is -0.691. The number of alkyl halides is 2. The minimum atomic E-state index is -1.22. The van der Waals surface area contributed by atoms with E-state index in [0.717, 1.165) is 26.2 Å². The van der Waals surface area contributed by atoms with E-state index in [-0.39, 0.29) is 43.9 Å². The predicted octanol–water partition coefficient (Wildman–Crippen LogP) is -1.93. The SMILES string of the molecule is CCC1(NC(=O)C2CN(CC(F)CN)NC2N)CNCC(F)C1N1CCC(C(=O)N2CCN(C)CC2)CC1. The van der Waals surface area contributed by atoms with Crippen LogP contribution < -0.4 is 27.5 Å². The third-order valence-electron chi connectivity index (χ3n) is 8.97. The Labute approximate surface area is 224 Å². The Morgan fingerprint density at radius 3 is 2.47 bits per heavy atom. The van der Waals surface area contributed by atoms with E-state index in [4.69, 9.17) is 11.5 Å². The molecule has 0 spiro atoms. The molecule has 2 amide bonds. The Morgan fingerprint density at radius 2 is 1.84 bits per heavy atom. The molecule has 0 aromatic heterocycles. The maximum absolute atomic E-state index is 15.6. The van der Waals surface area contributed by atoms with Crippen molar-refractivity contribution < 1.29 is 18.4 Å². The molecule has 0 bridgehead atoms. The number of carbonyl (C=O) groups excluding carboxylic acids is 2. The summed E-state index contributed by atoms with van der Waals surface area (Å²) in [5, 5.41) is 7.95. The van der Waals surface area contributed by atoms with E-state index in [0.29, 0.717) is 38.9 Å². The summed E-state index contributed by atoms with van der Waals surface area (Å²) in [4.78, 5) is 32.9. The number of nitrogens with one attached hydrogen (secondary N) is 3. The number of halogens is 2. The van der Waals surface area contributed by atoms with Crippen molar-refractivity contribution in [1.29, 1.82) is 0 Å². The highest BCUT2D eigenvalue weighted by Gasteiger charge is 2.51. The molecular weight excluding hydrogens is 496 g/mol. The summed E-state index contributed by atoms with van der Waals surface area (Å²) in [6.45, 7) is 7.35. The maximum atomic E-state index is 15.6. The van der Waals surface area contributed by atoms with E-state index < -0.39 is 36.0 Å². The van der Waals surface area contributed by atoms with Crippen LogP contribution in [0, 0.1) is 11.8 Å². The number of likely N-dealkylation sites (N-methyl/N-ethyl adjacent to an activating group) is 1. The van der Waals surface area contributed by atoms with Crippen LogP contribution in [0.1, 0.15) is 26.2 Å². The van der Waals surface area contributed by atoms with Crippen LogP contribution in [-0.2, 0) is 9.59 Å². The van der Waals surface area contributed by atoms with Gasteiger partial charge in [-0.15, -0.1) is 0 Å². The monoisotopic (exact) mass is 543 g/mol. The topological polar surface area (TPSA) is 135 Å². The van der Waals surface area contributed by atoms with Crippen LogP contribution in [0.4, 0.5) is 8.78 Å². The lowest BCUT2D eigenvalue weighted by atomic mass is 9.78. The lowest BCUT2D eigenvalue weighted by Crippen LogP contribution is -2.74. The first-order chi connectivity index (χ1) is 18.2. The first kappa shape index (κ1) is 29.5. The molecule has 4 rings (SSSR count). The fraction of sp³-hybridized carbons (Fsp3) is 0.920. The van der Waals surface area contributed by atoms with Crippen LogP contribution in [0.3, 0.4) is 0 Å². The van der Waals surface area contributed by atoms with Gasteiger partial charge in [-0.05, 0) is 39.4 Å². The van der Waals surface area contributed by atoms with Crippen molar-refractivity contribution in [2.75, 3.05) is 79.0 Å². The van der Waals surface area contributed by atoms with Crippen LogP contribution in [0.15, 0.2) is 0 Å². The van der Waals surface area contributed by atoms with E-state index in [1.165, 1.54) is 0 Å². The van der Waals surface area contributed by atoms with Gasteiger partial charge in [0, 0.05) is 64.8 Å². The largest absolute Gasteiger partial charge is 0.347 e. The van der Waals surface area contributed by atoms with Crippen molar-refractivity contribution in [2.45, 2.75) is 56.3 Å². The molecule has 4 saturated heterocycles. The highest BCUT2D eigenvalue weighted by molar-refractivity contribution is 5.81. The molecule has 4 heterocycles. The summed E-state index contributed by atoms with van der Waals surface area (Å²) in [6.07, 6.45) is -1.14. The van der Waals surface area contributed by atoms with Gasteiger partial charge in [0.15, 0.2) is 0 Å². The van der Waals surface area contributed by atoms with Gasteiger partial charge in [0.05, 0.1) is 23.7 Å². The molecule has 4 aliphatic heterocycles. The molecular formula is C25H47F2N9O2. The van der Waals surface area contributed by atoms with Gasteiger partial charge >= 0.3 is 0 Å². The van der Waals surface area contributed by atoms with Crippen molar-refractivity contribution in [3.63, 3.8) is 0 Å². The standard InChI is InChI=1S/C25H47F2N9O2/c1-3-25(31-23(37)19-15-36(32-22(19)29)14-18(26)12-28)16-30-13-20(27)21(25)34-6-4-17(5-7-34)24(38)35-10-8-33(2)9-11-35/h17-22,30,32H,3-16,28-29H2,1-2H3,(H,31,37). The van der Waals surface area contributed by atoms with E-state index in [9.17, 15) is 14.0 Å². The van der Waals surface area contributed by atoms with Crippen molar-refractivity contribution in [1.82, 2.24) is 35.8 Å². The predicted molar refractivity (Wildman–Crippen MR) is 141 cm³/mol. The smallest absolute Gasteiger partial charge is 0.227 e. The van der Waals surface area contributed by atoms with Crippen LogP contribution in [0.2, 0.25) is 0 Å². The minimum absolute atomic E-state index is 0.0403. The first-order valence-electron chi connectivity index (χ1n) is 14.2. The molecule has 4 fully saturated rings. The number of hydrazine groups is 1. The Morgan fingerprint density at radius 1 is 1.16 bits per heavy atom. The summed E-state index contributed by atoms with van der Waals surface area (Å²) in [7, 11) is 2.07. The number of piperazine rings is 1. The Hall–Kier alpha value is -1.48. The molecule has 0 radical (unpaired) electrons. The second kappa shape index (κ2) is 12.8. The second-order valence-corrected chi connectivity index (χ2v) is 11.5. The third-order valence-corrected chi connectivity index (χ3v) is 8.97. The Balaban J connectivity index is 1.39. The maximum Gasteiger partial charge on any atom is 0.227 e. The lowest BCUT2D eigenvalue weighted by Gasteiger charge is -2.52. The number of nitrogens with zero attached hydrogens (tertiary/aromatic N) is 4. The normalized spacial score (nSPS) is 35.4. The van der Waals surface area contributed by atoms with Crippen LogP contribution >= 0.6 is 0 Å². The molecule has 218 valence electrons. The molecule has 6 unspecified atom stereocenters. The number of likely N-dealkylation sites (tertiary alicyclic amines) is 1. The zero-order valence-corrected chi connectivity index (χ0v) is 22.9. The van der Waals surface area contributed by atoms with Gasteiger partial charge < -0.3 is 31.9 Å². The lowest BCUT2D eigenvalue weighted by molar-refractivity contribution is -0.139. The van der Waals surface area contributed by atoms with Gasteiger partial charge in [0.1, 0.15) is 12.3 Å². The number of hydrogen-bond acceptors (Lipinski definition) is 9. The van der Waals surface area contributed by atoms with E-state index in [1.807, 2.05) is 11.8 Å². The number of nitrogens with two attached hydrogens (primary N) is 2. The first-order valence-corrected chi connectivity index (χ1v) is 14.2. The van der Waals surface area contributed by atoms with Crippen LogP contribution in [0.25, 0.3) is 0 Å². The van der Waals surface area contributed by atoms with Gasteiger partial charge in [-0.2, -0.15) is 0 Å².